The number of thioether (sulfide) groups is 1. The van der Waals surface area contributed by atoms with Gasteiger partial charge < -0.3 is 15.4 Å². The van der Waals surface area contributed by atoms with Crippen LogP contribution in [0.3, 0.4) is 0 Å². The highest BCUT2D eigenvalue weighted by atomic mass is 32.2. The molecular formula is C23H26N6O3S. The van der Waals surface area contributed by atoms with Crippen molar-refractivity contribution in [2.75, 3.05) is 17.7 Å². The van der Waals surface area contributed by atoms with Crippen molar-refractivity contribution in [1.29, 1.82) is 0 Å². The van der Waals surface area contributed by atoms with Gasteiger partial charge in [0.15, 0.2) is 5.16 Å². The first-order valence-corrected chi connectivity index (χ1v) is 11.7. The van der Waals surface area contributed by atoms with E-state index in [-0.39, 0.29) is 30.2 Å². The van der Waals surface area contributed by atoms with Crippen molar-refractivity contribution >= 4 is 46.1 Å². The molecule has 0 fully saturated rings. The van der Waals surface area contributed by atoms with E-state index < -0.39 is 0 Å². The van der Waals surface area contributed by atoms with Gasteiger partial charge in [-0.2, -0.15) is 0 Å². The molecule has 2 N–H and O–H groups in total. The molecule has 4 rings (SSSR count). The molecule has 0 saturated heterocycles. The second kappa shape index (κ2) is 9.95. The van der Waals surface area contributed by atoms with E-state index in [0.717, 1.165) is 11.0 Å². The maximum absolute atomic E-state index is 12.6. The molecule has 4 aromatic rings. The molecule has 0 radical (unpaired) electrons. The highest BCUT2D eigenvalue weighted by Crippen LogP contribution is 2.27. The van der Waals surface area contributed by atoms with Gasteiger partial charge in [0.25, 0.3) is 0 Å². The Hall–Kier alpha value is -3.53. The Morgan fingerprint density at radius 3 is 2.52 bits per heavy atom. The number of carbonyl (C=O) groups is 2. The number of aromatic nitrogens is 4. The molecule has 33 heavy (non-hydrogen) atoms. The minimum atomic E-state index is -0.177. The van der Waals surface area contributed by atoms with E-state index in [1.807, 2.05) is 72.2 Å². The van der Waals surface area contributed by atoms with E-state index in [4.69, 9.17) is 4.74 Å². The van der Waals surface area contributed by atoms with E-state index in [2.05, 4.69) is 20.8 Å². The second-order valence-corrected chi connectivity index (χ2v) is 8.62. The highest BCUT2D eigenvalue weighted by Gasteiger charge is 2.19. The summed E-state index contributed by atoms with van der Waals surface area (Å²) in [6, 6.07) is 15.1. The third-order valence-corrected chi connectivity index (χ3v) is 5.74. The fourth-order valence-corrected chi connectivity index (χ4v) is 4.31. The quantitative estimate of drug-likeness (QED) is 0.367. The zero-order valence-corrected chi connectivity index (χ0v) is 19.6. The maximum Gasteiger partial charge on any atom is 0.240 e. The number of para-hydroxylation sites is 4. The maximum atomic E-state index is 12.6. The van der Waals surface area contributed by atoms with Gasteiger partial charge in [-0.15, -0.1) is 10.2 Å². The number of nitrogens with one attached hydrogen (secondary N) is 2. The number of fused-ring (bicyclic) bond motifs is 3. The van der Waals surface area contributed by atoms with Crippen LogP contribution >= 0.6 is 11.8 Å². The smallest absolute Gasteiger partial charge is 0.240 e. The molecule has 0 aliphatic heterocycles. The van der Waals surface area contributed by atoms with E-state index in [0.29, 0.717) is 29.0 Å². The molecule has 0 spiro atoms. The molecule has 10 heteroatoms. The van der Waals surface area contributed by atoms with Crippen molar-refractivity contribution in [3.05, 3.63) is 48.5 Å². The standard InChI is InChI=1S/C23H26N6O3S/c1-4-32-19-12-8-5-9-16(19)25-21(31)14-33-23-27-26-22-28(13-20(30)24-15(2)3)17-10-6-7-11-18(17)29(22)23/h5-12,15H,4,13-14H2,1-3H3,(H,24,30)(H,25,31). The molecule has 0 unspecified atom stereocenters. The van der Waals surface area contributed by atoms with Crippen molar-refractivity contribution in [1.82, 2.24) is 24.5 Å². The first kappa shape index (κ1) is 22.7. The molecule has 0 atom stereocenters. The first-order chi connectivity index (χ1) is 16.0. The van der Waals surface area contributed by atoms with Crippen molar-refractivity contribution in [2.24, 2.45) is 0 Å². The van der Waals surface area contributed by atoms with Crippen LogP contribution in [0.25, 0.3) is 16.8 Å². The number of benzene rings is 2. The summed E-state index contributed by atoms with van der Waals surface area (Å²) in [5.41, 5.74) is 2.38. The summed E-state index contributed by atoms with van der Waals surface area (Å²) < 4.78 is 9.28. The zero-order valence-electron chi connectivity index (χ0n) is 18.7. The number of ether oxygens (including phenoxy) is 1. The average Bonchev–Trinajstić information content (AvgIpc) is 3.33. The molecule has 2 aromatic carbocycles. The lowest BCUT2D eigenvalue weighted by Crippen LogP contribution is -2.33. The Kier molecular flexibility index (Phi) is 6.83. The van der Waals surface area contributed by atoms with Crippen molar-refractivity contribution < 1.29 is 14.3 Å². The lowest BCUT2D eigenvalue weighted by molar-refractivity contribution is -0.122. The molecule has 172 valence electrons. The summed E-state index contributed by atoms with van der Waals surface area (Å²) in [5, 5.41) is 15.0. The average molecular weight is 467 g/mol. The van der Waals surface area contributed by atoms with Gasteiger partial charge >= 0.3 is 0 Å². The summed E-state index contributed by atoms with van der Waals surface area (Å²) in [6.45, 7) is 6.38. The Morgan fingerprint density at radius 2 is 1.76 bits per heavy atom. The van der Waals surface area contributed by atoms with Crippen molar-refractivity contribution in [3.8, 4) is 5.75 Å². The number of nitrogens with zero attached hydrogens (tertiary/aromatic N) is 4. The fraction of sp³-hybridized carbons (Fsp3) is 0.304. The Balaban J connectivity index is 1.55. The molecule has 2 aromatic heterocycles. The molecular weight excluding hydrogens is 440 g/mol. The SMILES string of the molecule is CCOc1ccccc1NC(=O)CSc1nnc2n(CC(=O)NC(C)C)c3ccccc3n12. The topological polar surface area (TPSA) is 103 Å². The number of carbonyl (C=O) groups excluding carboxylic acids is 2. The van der Waals surface area contributed by atoms with Crippen LogP contribution in [-0.4, -0.2) is 49.4 Å². The fourth-order valence-electron chi connectivity index (χ4n) is 3.57. The van der Waals surface area contributed by atoms with Gasteiger partial charge in [-0.05, 0) is 45.0 Å². The third kappa shape index (κ3) is 4.95. The highest BCUT2D eigenvalue weighted by molar-refractivity contribution is 7.99. The Labute approximate surface area is 195 Å². The number of amides is 2. The van der Waals surface area contributed by atoms with Gasteiger partial charge in [-0.25, -0.2) is 0 Å². The van der Waals surface area contributed by atoms with Crippen LogP contribution in [0.1, 0.15) is 20.8 Å². The molecule has 0 aliphatic rings. The predicted molar refractivity (Wildman–Crippen MR) is 129 cm³/mol. The lowest BCUT2D eigenvalue weighted by Gasteiger charge is -2.10. The van der Waals surface area contributed by atoms with E-state index in [9.17, 15) is 9.59 Å². The molecule has 0 aliphatic carbocycles. The van der Waals surface area contributed by atoms with Gasteiger partial charge in [0.1, 0.15) is 12.3 Å². The van der Waals surface area contributed by atoms with Crippen LogP contribution in [0, 0.1) is 0 Å². The summed E-state index contributed by atoms with van der Waals surface area (Å²) in [7, 11) is 0. The van der Waals surface area contributed by atoms with Gasteiger partial charge in [-0.3, -0.25) is 18.6 Å². The molecule has 0 saturated carbocycles. The predicted octanol–water partition coefficient (Wildman–Crippen LogP) is 3.34. The zero-order chi connectivity index (χ0) is 23.4. The van der Waals surface area contributed by atoms with E-state index >= 15 is 0 Å². The third-order valence-electron chi connectivity index (χ3n) is 4.82. The first-order valence-electron chi connectivity index (χ1n) is 10.7. The number of hydrogen-bond acceptors (Lipinski definition) is 6. The van der Waals surface area contributed by atoms with Gasteiger partial charge in [0.2, 0.25) is 17.6 Å². The van der Waals surface area contributed by atoms with Gasteiger partial charge in [0, 0.05) is 6.04 Å². The summed E-state index contributed by atoms with van der Waals surface area (Å²) in [4.78, 5) is 25.0. The summed E-state index contributed by atoms with van der Waals surface area (Å²) in [6.07, 6.45) is 0. The van der Waals surface area contributed by atoms with Gasteiger partial charge in [-0.1, -0.05) is 36.0 Å². The second-order valence-electron chi connectivity index (χ2n) is 7.68. The molecule has 2 heterocycles. The lowest BCUT2D eigenvalue weighted by atomic mass is 10.3. The van der Waals surface area contributed by atoms with E-state index in [1.54, 1.807) is 6.07 Å². The van der Waals surface area contributed by atoms with Gasteiger partial charge in [0.05, 0.1) is 29.1 Å². The minimum Gasteiger partial charge on any atom is -0.492 e. The largest absolute Gasteiger partial charge is 0.492 e. The molecule has 9 nitrogen and oxygen atoms in total. The van der Waals surface area contributed by atoms with Crippen molar-refractivity contribution in [3.63, 3.8) is 0 Å². The number of rotatable bonds is 9. The van der Waals surface area contributed by atoms with Crippen LogP contribution in [0.4, 0.5) is 5.69 Å². The summed E-state index contributed by atoms with van der Waals surface area (Å²) >= 11 is 1.28. The number of hydrogen-bond donors (Lipinski definition) is 2. The Bertz CT molecular complexity index is 1300. The number of imidazole rings is 1. The van der Waals surface area contributed by atoms with Crippen LogP contribution in [-0.2, 0) is 16.1 Å². The van der Waals surface area contributed by atoms with Crippen LogP contribution in [0.15, 0.2) is 53.7 Å². The van der Waals surface area contributed by atoms with Crippen LogP contribution in [0.2, 0.25) is 0 Å². The van der Waals surface area contributed by atoms with Crippen LogP contribution in [0.5, 0.6) is 5.75 Å². The molecule has 2 amide bonds. The number of anilines is 1. The monoisotopic (exact) mass is 466 g/mol. The summed E-state index contributed by atoms with van der Waals surface area (Å²) in [5.74, 6) is 1.06. The minimum absolute atomic E-state index is 0.0469. The normalized spacial score (nSPS) is 11.3. The Morgan fingerprint density at radius 1 is 1.03 bits per heavy atom. The van der Waals surface area contributed by atoms with Crippen LogP contribution < -0.4 is 15.4 Å². The van der Waals surface area contributed by atoms with E-state index in [1.165, 1.54) is 11.8 Å². The molecule has 0 bridgehead atoms. The van der Waals surface area contributed by atoms with Crippen molar-refractivity contribution in [2.45, 2.75) is 38.5 Å².